The summed E-state index contributed by atoms with van der Waals surface area (Å²) < 4.78 is 12.8. The number of rotatable bonds is 8. The number of aryl methyl sites for hydroxylation is 1. The van der Waals surface area contributed by atoms with Crippen LogP contribution >= 0.6 is 0 Å². The van der Waals surface area contributed by atoms with Gasteiger partial charge in [0, 0.05) is 25.9 Å². The van der Waals surface area contributed by atoms with Gasteiger partial charge in [0.15, 0.2) is 0 Å². The second-order valence-electron chi connectivity index (χ2n) is 5.64. The van der Waals surface area contributed by atoms with Gasteiger partial charge in [0.05, 0.1) is 0 Å². The molecule has 0 saturated carbocycles. The number of hydrogen-bond acceptors (Lipinski definition) is 2. The summed E-state index contributed by atoms with van der Waals surface area (Å²) in [6.07, 6.45) is 1.76. The van der Waals surface area contributed by atoms with E-state index in [4.69, 9.17) is 0 Å². The molecule has 2 aromatic carbocycles. The lowest BCUT2D eigenvalue weighted by molar-refractivity contribution is -0.119. The fraction of sp³-hybridized carbons (Fsp3) is 0.316. The largest absolute Gasteiger partial charge is 0.302 e. The van der Waals surface area contributed by atoms with Gasteiger partial charge in [-0.1, -0.05) is 42.5 Å². The van der Waals surface area contributed by atoms with Crippen LogP contribution in [0.3, 0.4) is 0 Å². The number of nitrogens with zero attached hydrogens (tertiary/aromatic N) is 1. The summed E-state index contributed by atoms with van der Waals surface area (Å²) in [5.41, 5.74) is 2.26. The Morgan fingerprint density at radius 3 is 2.32 bits per heavy atom. The molecule has 0 spiro atoms. The molecule has 0 aliphatic carbocycles. The average Bonchev–Trinajstić information content (AvgIpc) is 2.53. The van der Waals surface area contributed by atoms with Gasteiger partial charge in [-0.25, -0.2) is 4.39 Å². The molecule has 0 aliphatic heterocycles. The molecule has 0 aromatic heterocycles. The van der Waals surface area contributed by atoms with Crippen LogP contribution in [0.5, 0.6) is 0 Å². The first-order valence-electron chi connectivity index (χ1n) is 7.62. The number of benzene rings is 2. The molecule has 2 nitrogen and oxygen atoms in total. The Kier molecular flexibility index (Phi) is 6.28. The molecule has 0 N–H and O–H groups in total. The second kappa shape index (κ2) is 8.44. The Balaban J connectivity index is 1.67. The number of hydrogen-bond donors (Lipinski definition) is 0. The molecule has 0 radical (unpaired) electrons. The van der Waals surface area contributed by atoms with Crippen LogP contribution in [0.2, 0.25) is 0 Å². The molecule has 2 rings (SSSR count). The van der Waals surface area contributed by atoms with Crippen LogP contribution < -0.4 is 0 Å². The second-order valence-corrected chi connectivity index (χ2v) is 5.64. The van der Waals surface area contributed by atoms with Crippen molar-refractivity contribution in [1.82, 2.24) is 4.90 Å². The Hall–Kier alpha value is -2.00. The lowest BCUT2D eigenvalue weighted by Crippen LogP contribution is -2.21. The van der Waals surface area contributed by atoms with E-state index < -0.39 is 0 Å². The van der Waals surface area contributed by atoms with Crippen molar-refractivity contribution in [3.05, 3.63) is 71.5 Å². The van der Waals surface area contributed by atoms with Crippen LogP contribution in [-0.2, 0) is 17.8 Å². The van der Waals surface area contributed by atoms with Crippen LogP contribution in [0.15, 0.2) is 54.6 Å². The van der Waals surface area contributed by atoms with Gasteiger partial charge < -0.3 is 4.90 Å². The highest BCUT2D eigenvalue weighted by atomic mass is 19.1. The lowest BCUT2D eigenvalue weighted by Gasteiger charge is -2.16. The van der Waals surface area contributed by atoms with Gasteiger partial charge in [-0.15, -0.1) is 0 Å². The lowest BCUT2D eigenvalue weighted by atomic mass is 10.1. The van der Waals surface area contributed by atoms with E-state index in [1.807, 2.05) is 25.2 Å². The zero-order chi connectivity index (χ0) is 15.8. The minimum absolute atomic E-state index is 0.238. The van der Waals surface area contributed by atoms with Crippen LogP contribution in [0.1, 0.15) is 24.0 Å². The number of halogens is 1. The van der Waals surface area contributed by atoms with Crippen molar-refractivity contribution in [2.45, 2.75) is 25.8 Å². The van der Waals surface area contributed by atoms with Gasteiger partial charge in [0.1, 0.15) is 11.6 Å². The van der Waals surface area contributed by atoms with Crippen LogP contribution in [-0.4, -0.2) is 24.3 Å². The van der Waals surface area contributed by atoms with E-state index in [1.54, 1.807) is 12.1 Å². The fourth-order valence-electron chi connectivity index (χ4n) is 2.35. The maximum Gasteiger partial charge on any atom is 0.134 e. The molecule has 0 fully saturated rings. The van der Waals surface area contributed by atoms with Crippen molar-refractivity contribution < 1.29 is 9.18 Å². The van der Waals surface area contributed by atoms with Crippen molar-refractivity contribution in [3.8, 4) is 0 Å². The van der Waals surface area contributed by atoms with Gasteiger partial charge in [0.2, 0.25) is 0 Å². The SMILES string of the molecule is CN(CCC(=O)CCc1ccc(F)cc1)Cc1ccccc1. The summed E-state index contributed by atoms with van der Waals surface area (Å²) in [6, 6.07) is 16.6. The highest BCUT2D eigenvalue weighted by molar-refractivity contribution is 5.78. The first-order valence-corrected chi connectivity index (χ1v) is 7.62. The molecule has 2 aromatic rings. The number of carbonyl (C=O) groups excluding carboxylic acids is 1. The molecular weight excluding hydrogens is 277 g/mol. The molecule has 0 aliphatic rings. The first-order chi connectivity index (χ1) is 10.6. The Morgan fingerprint density at radius 2 is 1.64 bits per heavy atom. The predicted octanol–water partition coefficient (Wildman–Crippen LogP) is 3.85. The van der Waals surface area contributed by atoms with E-state index >= 15 is 0 Å². The summed E-state index contributed by atoms with van der Waals surface area (Å²) in [5, 5.41) is 0. The van der Waals surface area contributed by atoms with E-state index in [9.17, 15) is 9.18 Å². The van der Waals surface area contributed by atoms with Crippen molar-refractivity contribution in [1.29, 1.82) is 0 Å². The molecule has 0 atom stereocenters. The van der Waals surface area contributed by atoms with Gasteiger partial charge >= 0.3 is 0 Å². The molecule has 0 unspecified atom stereocenters. The quantitative estimate of drug-likeness (QED) is 0.738. The minimum atomic E-state index is -0.238. The minimum Gasteiger partial charge on any atom is -0.302 e. The predicted molar refractivity (Wildman–Crippen MR) is 87.1 cm³/mol. The summed E-state index contributed by atoms with van der Waals surface area (Å²) in [4.78, 5) is 14.1. The molecule has 0 heterocycles. The van der Waals surface area contributed by atoms with Gasteiger partial charge in [-0.05, 0) is 36.7 Å². The van der Waals surface area contributed by atoms with E-state index in [0.717, 1.165) is 18.7 Å². The van der Waals surface area contributed by atoms with Crippen LogP contribution in [0, 0.1) is 5.82 Å². The topological polar surface area (TPSA) is 20.3 Å². The zero-order valence-corrected chi connectivity index (χ0v) is 13.0. The third kappa shape index (κ3) is 5.78. The third-order valence-corrected chi connectivity index (χ3v) is 3.67. The van der Waals surface area contributed by atoms with E-state index in [0.29, 0.717) is 19.3 Å². The van der Waals surface area contributed by atoms with Crippen molar-refractivity contribution >= 4 is 5.78 Å². The van der Waals surface area contributed by atoms with Crippen LogP contribution in [0.4, 0.5) is 4.39 Å². The average molecular weight is 299 g/mol. The number of Topliss-reactive ketones (excluding diaryl/α,β-unsaturated/α-hetero) is 1. The Bertz CT molecular complexity index is 580. The maximum atomic E-state index is 12.8. The van der Waals surface area contributed by atoms with Gasteiger partial charge in [-0.2, -0.15) is 0 Å². The monoisotopic (exact) mass is 299 g/mol. The molecule has 22 heavy (non-hydrogen) atoms. The highest BCUT2D eigenvalue weighted by Crippen LogP contribution is 2.08. The Labute approximate surface area is 131 Å². The summed E-state index contributed by atoms with van der Waals surface area (Å²) in [7, 11) is 2.03. The van der Waals surface area contributed by atoms with E-state index in [-0.39, 0.29) is 11.6 Å². The summed E-state index contributed by atoms with van der Waals surface area (Å²) in [6.45, 7) is 1.61. The highest BCUT2D eigenvalue weighted by Gasteiger charge is 2.06. The van der Waals surface area contributed by atoms with Gasteiger partial charge in [0.25, 0.3) is 0 Å². The van der Waals surface area contributed by atoms with Crippen LogP contribution in [0.25, 0.3) is 0 Å². The van der Waals surface area contributed by atoms with E-state index in [2.05, 4.69) is 17.0 Å². The first kappa shape index (κ1) is 16.4. The number of carbonyl (C=O) groups is 1. The molecule has 0 saturated heterocycles. The fourth-order valence-corrected chi connectivity index (χ4v) is 2.35. The summed E-state index contributed by atoms with van der Waals surface area (Å²) in [5.74, 6) is 0.0156. The number of ketones is 1. The Morgan fingerprint density at radius 1 is 0.955 bits per heavy atom. The smallest absolute Gasteiger partial charge is 0.134 e. The molecule has 0 bridgehead atoms. The zero-order valence-electron chi connectivity index (χ0n) is 13.0. The standard InChI is InChI=1S/C19H22FNO/c1-21(15-17-5-3-2-4-6-17)14-13-19(22)12-9-16-7-10-18(20)11-8-16/h2-8,10-11H,9,12-15H2,1H3. The van der Waals surface area contributed by atoms with Gasteiger partial charge in [-0.3, -0.25) is 4.79 Å². The normalized spacial score (nSPS) is 10.9. The molecule has 3 heteroatoms. The summed E-state index contributed by atoms with van der Waals surface area (Å²) >= 11 is 0. The van der Waals surface area contributed by atoms with E-state index in [1.165, 1.54) is 17.7 Å². The van der Waals surface area contributed by atoms with Crippen molar-refractivity contribution in [3.63, 3.8) is 0 Å². The third-order valence-electron chi connectivity index (χ3n) is 3.67. The van der Waals surface area contributed by atoms with Crippen molar-refractivity contribution in [2.75, 3.05) is 13.6 Å². The molecule has 0 amide bonds. The molecule has 116 valence electrons. The van der Waals surface area contributed by atoms with Crippen molar-refractivity contribution in [2.24, 2.45) is 0 Å². The maximum absolute atomic E-state index is 12.8. The molecular formula is C19H22FNO.